The van der Waals surface area contributed by atoms with Gasteiger partial charge in [0.1, 0.15) is 12.3 Å². The summed E-state index contributed by atoms with van der Waals surface area (Å²) in [7, 11) is 0.278. The third kappa shape index (κ3) is 4.95. The number of β-lactam (4-membered cyclic amide) rings is 1. The van der Waals surface area contributed by atoms with Gasteiger partial charge < -0.3 is 14.1 Å². The van der Waals surface area contributed by atoms with Crippen molar-refractivity contribution < 1.29 is 18.8 Å². The zero-order valence-electron chi connectivity index (χ0n) is 21.5. The Balaban J connectivity index is 1.61. The molecule has 4 rings (SSSR count). The predicted molar refractivity (Wildman–Crippen MR) is 143 cm³/mol. The zero-order valence-corrected chi connectivity index (χ0v) is 24.2. The Morgan fingerprint density at radius 1 is 1.40 bits per heavy atom. The van der Waals surface area contributed by atoms with E-state index in [1.54, 1.807) is 16.2 Å². The molecule has 0 saturated carbocycles. The SMILES string of the molecule is C=CCOC(=O)C1=C(Sc2nc(C3=CCN(C)[C@H]3C)cs2)[C@H](C)[C@@H]2[C@@H]([C@H](C)O[Si](C)(C)C)C(=O)N12. The maximum Gasteiger partial charge on any atom is 0.356 e. The van der Waals surface area contributed by atoms with Gasteiger partial charge in [0.25, 0.3) is 0 Å². The molecule has 35 heavy (non-hydrogen) atoms. The topological polar surface area (TPSA) is 72.0 Å². The van der Waals surface area contributed by atoms with Crippen molar-refractivity contribution in [1.29, 1.82) is 0 Å². The van der Waals surface area contributed by atoms with Crippen molar-refractivity contribution in [2.24, 2.45) is 11.8 Å². The highest BCUT2D eigenvalue weighted by Gasteiger charge is 2.61. The molecule has 1 fully saturated rings. The number of thiazole rings is 1. The average Bonchev–Trinajstić information content (AvgIpc) is 3.42. The third-order valence-electron chi connectivity index (χ3n) is 6.85. The summed E-state index contributed by atoms with van der Waals surface area (Å²) >= 11 is 3.05. The first kappa shape index (κ1) is 26.3. The molecule has 0 spiro atoms. The molecule has 0 N–H and O–H groups in total. The molecule has 1 aromatic rings. The molecule has 5 atom stereocenters. The number of likely N-dealkylation sites (N-methyl/N-ethyl adjacent to an activating group) is 1. The minimum Gasteiger partial charge on any atom is -0.457 e. The maximum absolute atomic E-state index is 13.3. The van der Waals surface area contributed by atoms with E-state index in [1.165, 1.54) is 23.4 Å². The van der Waals surface area contributed by atoms with Crippen LogP contribution in [0.2, 0.25) is 19.6 Å². The lowest BCUT2D eigenvalue weighted by Gasteiger charge is -2.48. The van der Waals surface area contributed by atoms with E-state index in [-0.39, 0.29) is 36.5 Å². The van der Waals surface area contributed by atoms with E-state index in [0.29, 0.717) is 11.7 Å². The molecular weight excluding hydrogens is 499 g/mol. The Morgan fingerprint density at radius 3 is 2.71 bits per heavy atom. The van der Waals surface area contributed by atoms with Gasteiger partial charge in [0.05, 0.1) is 23.8 Å². The van der Waals surface area contributed by atoms with Gasteiger partial charge in [0.2, 0.25) is 5.91 Å². The van der Waals surface area contributed by atoms with Gasteiger partial charge in [-0.05, 0) is 46.1 Å². The number of nitrogens with zero attached hydrogens (tertiary/aromatic N) is 3. The van der Waals surface area contributed by atoms with Crippen LogP contribution >= 0.6 is 23.1 Å². The van der Waals surface area contributed by atoms with Crippen molar-refractivity contribution in [3.8, 4) is 0 Å². The summed E-state index contributed by atoms with van der Waals surface area (Å²) in [5.74, 6) is -0.854. The molecular formula is C25H35N3O4S2Si. The van der Waals surface area contributed by atoms with Crippen molar-refractivity contribution in [3.63, 3.8) is 0 Å². The fourth-order valence-electron chi connectivity index (χ4n) is 5.13. The van der Waals surface area contributed by atoms with Crippen LogP contribution in [-0.4, -0.2) is 73.4 Å². The number of aromatic nitrogens is 1. The summed E-state index contributed by atoms with van der Waals surface area (Å²) in [4.78, 5) is 36.0. The lowest BCUT2D eigenvalue weighted by molar-refractivity contribution is -0.163. The molecule has 1 saturated heterocycles. The second-order valence-corrected chi connectivity index (χ2v) is 17.0. The summed E-state index contributed by atoms with van der Waals surface area (Å²) < 4.78 is 12.5. The summed E-state index contributed by atoms with van der Waals surface area (Å²) in [6, 6.07) is 0.200. The number of rotatable bonds is 9. The number of hydrogen-bond acceptors (Lipinski definition) is 8. The quantitative estimate of drug-likeness (QED) is 0.199. The van der Waals surface area contributed by atoms with Crippen molar-refractivity contribution >= 4 is 48.9 Å². The van der Waals surface area contributed by atoms with E-state index >= 15 is 0 Å². The Bertz CT molecular complexity index is 1090. The highest BCUT2D eigenvalue weighted by Crippen LogP contribution is 2.53. The molecule has 0 radical (unpaired) electrons. The number of fused-ring (bicyclic) bond motifs is 1. The van der Waals surface area contributed by atoms with Gasteiger partial charge in [-0.2, -0.15) is 0 Å². The van der Waals surface area contributed by atoms with Gasteiger partial charge in [0.15, 0.2) is 12.7 Å². The fraction of sp³-hybridized carbons (Fsp3) is 0.560. The molecule has 3 aliphatic heterocycles. The van der Waals surface area contributed by atoms with Crippen LogP contribution in [0.3, 0.4) is 0 Å². The predicted octanol–water partition coefficient (Wildman–Crippen LogP) is 4.61. The molecule has 7 nitrogen and oxygen atoms in total. The van der Waals surface area contributed by atoms with E-state index < -0.39 is 14.3 Å². The first-order chi connectivity index (χ1) is 16.4. The molecule has 0 bridgehead atoms. The van der Waals surface area contributed by atoms with Crippen molar-refractivity contribution in [1.82, 2.24) is 14.8 Å². The largest absolute Gasteiger partial charge is 0.457 e. The van der Waals surface area contributed by atoms with Crippen LogP contribution in [0.25, 0.3) is 5.57 Å². The summed E-state index contributed by atoms with van der Waals surface area (Å²) in [5.41, 5.74) is 2.55. The van der Waals surface area contributed by atoms with E-state index in [1.807, 2.05) is 6.92 Å². The lowest BCUT2D eigenvalue weighted by atomic mass is 9.79. The maximum atomic E-state index is 13.3. The Hall–Kier alpha value is -1.72. The number of hydrogen-bond donors (Lipinski definition) is 0. The number of amides is 1. The Kier molecular flexibility index (Phi) is 7.50. The monoisotopic (exact) mass is 533 g/mol. The van der Waals surface area contributed by atoms with Crippen LogP contribution < -0.4 is 0 Å². The van der Waals surface area contributed by atoms with E-state index in [9.17, 15) is 9.59 Å². The van der Waals surface area contributed by atoms with E-state index in [2.05, 4.69) is 63.5 Å². The van der Waals surface area contributed by atoms with Crippen LogP contribution in [0.1, 0.15) is 26.5 Å². The fourth-order valence-corrected chi connectivity index (χ4v) is 8.48. The highest BCUT2D eigenvalue weighted by molar-refractivity contribution is 8.04. The summed E-state index contributed by atoms with van der Waals surface area (Å²) in [5, 5.41) is 2.08. The first-order valence-electron chi connectivity index (χ1n) is 12.0. The van der Waals surface area contributed by atoms with E-state index in [0.717, 1.165) is 21.5 Å². The normalized spacial score (nSPS) is 27.6. The van der Waals surface area contributed by atoms with Gasteiger partial charge in [-0.1, -0.05) is 37.4 Å². The number of carbonyl (C=O) groups is 2. The lowest BCUT2D eigenvalue weighted by Crippen LogP contribution is -2.64. The van der Waals surface area contributed by atoms with Gasteiger partial charge in [-0.3, -0.25) is 9.69 Å². The first-order valence-corrected chi connectivity index (χ1v) is 17.1. The minimum atomic E-state index is -1.83. The number of ether oxygens (including phenoxy) is 1. The van der Waals surface area contributed by atoms with Crippen LogP contribution in [0, 0.1) is 11.8 Å². The molecule has 0 aromatic carbocycles. The van der Waals surface area contributed by atoms with Gasteiger partial charge in [0, 0.05) is 28.8 Å². The van der Waals surface area contributed by atoms with Crippen molar-refractivity contribution in [2.75, 3.05) is 20.2 Å². The molecule has 10 heteroatoms. The third-order valence-corrected chi connectivity index (χ3v) is 10.1. The molecule has 1 aromatic heterocycles. The van der Waals surface area contributed by atoms with Crippen molar-refractivity contribution in [3.05, 3.63) is 40.4 Å². The van der Waals surface area contributed by atoms with Crippen LogP contribution in [-0.2, 0) is 18.8 Å². The highest BCUT2D eigenvalue weighted by atomic mass is 32.2. The Labute approximate surface area is 217 Å². The molecule has 4 heterocycles. The van der Waals surface area contributed by atoms with Crippen LogP contribution in [0.5, 0.6) is 0 Å². The minimum absolute atomic E-state index is 0.0234. The van der Waals surface area contributed by atoms with Gasteiger partial charge in [-0.25, -0.2) is 9.78 Å². The molecule has 190 valence electrons. The molecule has 0 unspecified atom stereocenters. The van der Waals surface area contributed by atoms with Crippen LogP contribution in [0.4, 0.5) is 0 Å². The smallest absolute Gasteiger partial charge is 0.356 e. The molecule has 1 amide bonds. The van der Waals surface area contributed by atoms with Crippen molar-refractivity contribution in [2.45, 2.75) is 62.9 Å². The number of esters is 1. The Morgan fingerprint density at radius 2 is 2.11 bits per heavy atom. The molecule has 0 aliphatic carbocycles. The number of thioether (sulfide) groups is 1. The van der Waals surface area contributed by atoms with Crippen LogP contribution in [0.15, 0.2) is 39.1 Å². The summed E-state index contributed by atoms with van der Waals surface area (Å²) in [6.45, 7) is 17.3. The summed E-state index contributed by atoms with van der Waals surface area (Å²) in [6.07, 6.45) is 3.55. The van der Waals surface area contributed by atoms with E-state index in [4.69, 9.17) is 14.1 Å². The average molecular weight is 534 g/mol. The second-order valence-electron chi connectivity index (χ2n) is 10.4. The molecule has 3 aliphatic rings. The van der Waals surface area contributed by atoms with Gasteiger partial charge >= 0.3 is 5.97 Å². The zero-order chi connectivity index (χ0) is 25.7. The number of carbonyl (C=O) groups excluding carboxylic acids is 2. The standard InChI is InChI=1S/C25H35N3O4S2Si/c1-9-12-31-24(30)21-22(34-25-26-18(13-33-25)17-10-11-27(5)15(17)3)14(2)20-19(23(29)28(20)21)16(4)32-35(6,7)8/h9-10,13-16,19-20H,1,11-12H2,2-8H3/t14-,15+,16+,19-,20-/m1/s1. The van der Waals surface area contributed by atoms with Gasteiger partial charge in [-0.15, -0.1) is 11.3 Å². The second kappa shape index (κ2) is 9.97.